The third-order valence-corrected chi connectivity index (χ3v) is 2.82. The molecule has 0 fully saturated rings. The van der Waals surface area contributed by atoms with Gasteiger partial charge in [0, 0.05) is 38.6 Å². The molecule has 0 aliphatic heterocycles. The number of carbonyl (C=O) groups is 1. The Morgan fingerprint density at radius 3 is 2.43 bits per heavy atom. The van der Waals surface area contributed by atoms with Crippen LogP contribution in [0.3, 0.4) is 0 Å². The van der Waals surface area contributed by atoms with E-state index in [1.165, 1.54) is 4.90 Å². The zero-order valence-corrected chi connectivity index (χ0v) is 12.1. The number of nitrogens with zero attached hydrogens (tertiary/aromatic N) is 5. The maximum atomic E-state index is 12.3. The van der Waals surface area contributed by atoms with Gasteiger partial charge in [-0.3, -0.25) is 9.97 Å². The number of alkyl halides is 3. The molecule has 2 rings (SSSR count). The molecule has 0 aliphatic carbocycles. The van der Waals surface area contributed by atoms with Crippen LogP contribution in [0, 0.1) is 0 Å². The summed E-state index contributed by atoms with van der Waals surface area (Å²) in [6.07, 6.45) is 2.39. The van der Waals surface area contributed by atoms with Crippen LogP contribution in [0.25, 0.3) is 0 Å². The molecule has 122 valence electrons. The van der Waals surface area contributed by atoms with Crippen molar-refractivity contribution in [1.82, 2.24) is 24.8 Å². The van der Waals surface area contributed by atoms with E-state index in [0.29, 0.717) is 13.0 Å². The molecule has 2 aromatic rings. The lowest BCUT2D eigenvalue weighted by Crippen LogP contribution is -2.33. The fourth-order valence-electron chi connectivity index (χ4n) is 1.60. The summed E-state index contributed by atoms with van der Waals surface area (Å²) >= 11 is 0. The Balaban J connectivity index is 1.88. The molecule has 0 bridgehead atoms. The van der Waals surface area contributed by atoms with Gasteiger partial charge in [-0.25, -0.2) is 14.8 Å². The van der Waals surface area contributed by atoms with Gasteiger partial charge in [0.2, 0.25) is 5.82 Å². The summed E-state index contributed by atoms with van der Waals surface area (Å²) in [5, 5.41) is 2.42. The molecular weight excluding hydrogens is 313 g/mol. The van der Waals surface area contributed by atoms with Crippen LogP contribution in [0.15, 0.2) is 31.0 Å². The summed E-state index contributed by atoms with van der Waals surface area (Å²) in [5.41, 5.74) is 0.805. The Labute approximate surface area is 129 Å². The van der Waals surface area contributed by atoms with Crippen molar-refractivity contribution < 1.29 is 18.0 Å². The Kier molecular flexibility index (Phi) is 5.04. The van der Waals surface area contributed by atoms with Crippen molar-refractivity contribution in [3.05, 3.63) is 42.5 Å². The number of nitrogens with one attached hydrogen (secondary N) is 1. The molecule has 2 heterocycles. The van der Waals surface area contributed by atoms with Gasteiger partial charge in [-0.15, -0.1) is 0 Å². The van der Waals surface area contributed by atoms with E-state index in [1.807, 2.05) is 0 Å². The van der Waals surface area contributed by atoms with Gasteiger partial charge in [0.25, 0.3) is 0 Å². The number of hydrogen-bond acceptors (Lipinski definition) is 5. The van der Waals surface area contributed by atoms with Gasteiger partial charge in [-0.1, -0.05) is 0 Å². The quantitative estimate of drug-likeness (QED) is 0.929. The third-order valence-electron chi connectivity index (χ3n) is 2.82. The topological polar surface area (TPSA) is 83.9 Å². The van der Waals surface area contributed by atoms with Gasteiger partial charge < -0.3 is 10.2 Å². The zero-order valence-electron chi connectivity index (χ0n) is 12.1. The van der Waals surface area contributed by atoms with Crippen molar-refractivity contribution in [1.29, 1.82) is 0 Å². The number of anilines is 1. The Hall–Kier alpha value is -2.78. The number of amides is 2. The summed E-state index contributed by atoms with van der Waals surface area (Å²) in [7, 11) is 1.55. The molecule has 0 spiro atoms. The minimum absolute atomic E-state index is 0.0781. The Bertz CT molecular complexity index is 647. The van der Waals surface area contributed by atoms with Crippen molar-refractivity contribution in [3.8, 4) is 0 Å². The number of urea groups is 1. The molecule has 0 radical (unpaired) electrons. The fourth-order valence-corrected chi connectivity index (χ4v) is 1.60. The van der Waals surface area contributed by atoms with Gasteiger partial charge >= 0.3 is 12.2 Å². The lowest BCUT2D eigenvalue weighted by atomic mass is 10.3. The molecule has 0 unspecified atom stereocenters. The maximum absolute atomic E-state index is 12.3. The van der Waals surface area contributed by atoms with Crippen LogP contribution >= 0.6 is 0 Å². The number of likely N-dealkylation sites (N-methyl/N-ethyl adjacent to an activating group) is 1. The van der Waals surface area contributed by atoms with E-state index < -0.39 is 18.0 Å². The van der Waals surface area contributed by atoms with E-state index in [4.69, 9.17) is 0 Å². The lowest BCUT2D eigenvalue weighted by molar-refractivity contribution is -0.144. The average Bonchev–Trinajstić information content (AvgIpc) is 2.53. The van der Waals surface area contributed by atoms with Crippen LogP contribution in [0.2, 0.25) is 0 Å². The number of carbonyl (C=O) groups excluding carboxylic acids is 1. The largest absolute Gasteiger partial charge is 0.451 e. The summed E-state index contributed by atoms with van der Waals surface area (Å²) < 4.78 is 37.0. The minimum atomic E-state index is -4.62. The summed E-state index contributed by atoms with van der Waals surface area (Å²) in [4.78, 5) is 27.6. The van der Waals surface area contributed by atoms with Crippen LogP contribution in [0.5, 0.6) is 0 Å². The molecule has 10 heteroatoms. The van der Waals surface area contributed by atoms with Crippen molar-refractivity contribution >= 4 is 11.7 Å². The van der Waals surface area contributed by atoms with E-state index in [0.717, 1.165) is 18.1 Å². The summed E-state index contributed by atoms with van der Waals surface area (Å²) in [6, 6.07) is -0.489. The Morgan fingerprint density at radius 2 is 1.87 bits per heavy atom. The van der Waals surface area contributed by atoms with Crippen molar-refractivity contribution in [2.75, 3.05) is 18.9 Å². The molecule has 0 saturated heterocycles. The molecule has 0 saturated carbocycles. The van der Waals surface area contributed by atoms with Crippen molar-refractivity contribution in [3.63, 3.8) is 0 Å². The van der Waals surface area contributed by atoms with Crippen LogP contribution in [0.4, 0.5) is 23.7 Å². The van der Waals surface area contributed by atoms with Gasteiger partial charge in [0.15, 0.2) is 0 Å². The molecule has 2 aromatic heterocycles. The van der Waals surface area contributed by atoms with Crippen molar-refractivity contribution in [2.45, 2.75) is 12.6 Å². The molecular formula is C13H13F3N6O. The highest BCUT2D eigenvalue weighted by Gasteiger charge is 2.34. The predicted octanol–water partition coefficient (Wildman–Crippen LogP) is 1.99. The fraction of sp³-hybridized carbons (Fsp3) is 0.308. The molecule has 23 heavy (non-hydrogen) atoms. The van der Waals surface area contributed by atoms with Crippen LogP contribution in [-0.2, 0) is 12.6 Å². The molecule has 7 nitrogen and oxygen atoms in total. The summed E-state index contributed by atoms with van der Waals surface area (Å²) in [5.74, 6) is -1.26. The van der Waals surface area contributed by atoms with Gasteiger partial charge in [-0.05, 0) is 0 Å². The number of hydrogen-bond donors (Lipinski definition) is 1. The second kappa shape index (κ2) is 6.99. The first-order valence-corrected chi connectivity index (χ1v) is 6.52. The third kappa shape index (κ3) is 4.87. The molecule has 0 atom stereocenters. The first-order chi connectivity index (χ1) is 10.9. The summed E-state index contributed by atoms with van der Waals surface area (Å²) in [6.45, 7) is 0.367. The SMILES string of the molecule is CN(CCc1cnccn1)C(=O)Nc1cnc(C(F)(F)F)nc1. The number of rotatable bonds is 4. The van der Waals surface area contributed by atoms with Crippen molar-refractivity contribution in [2.24, 2.45) is 0 Å². The molecule has 1 N–H and O–H groups in total. The van der Waals surface area contributed by atoms with Crippen LogP contribution in [-0.4, -0.2) is 44.5 Å². The first-order valence-electron chi connectivity index (χ1n) is 6.52. The van der Waals surface area contributed by atoms with Gasteiger partial charge in [0.1, 0.15) is 0 Å². The minimum Gasteiger partial charge on any atom is -0.327 e. The smallest absolute Gasteiger partial charge is 0.327 e. The normalized spacial score (nSPS) is 11.1. The van der Waals surface area contributed by atoms with Gasteiger partial charge in [0.05, 0.1) is 23.8 Å². The lowest BCUT2D eigenvalue weighted by Gasteiger charge is -2.17. The predicted molar refractivity (Wildman–Crippen MR) is 74.4 cm³/mol. The highest BCUT2D eigenvalue weighted by atomic mass is 19.4. The van der Waals surface area contributed by atoms with E-state index in [2.05, 4.69) is 25.3 Å². The highest BCUT2D eigenvalue weighted by molar-refractivity contribution is 5.88. The second-order valence-corrected chi connectivity index (χ2v) is 4.59. The monoisotopic (exact) mass is 326 g/mol. The molecule has 0 aromatic carbocycles. The average molecular weight is 326 g/mol. The zero-order chi connectivity index (χ0) is 16.9. The van der Waals surface area contributed by atoms with E-state index in [-0.39, 0.29) is 5.69 Å². The Morgan fingerprint density at radius 1 is 1.17 bits per heavy atom. The molecule has 0 aliphatic rings. The van der Waals surface area contributed by atoms with Gasteiger partial charge in [-0.2, -0.15) is 13.2 Å². The second-order valence-electron chi connectivity index (χ2n) is 4.59. The number of halogens is 3. The molecule has 2 amide bonds. The van der Waals surface area contributed by atoms with E-state index >= 15 is 0 Å². The first kappa shape index (κ1) is 16.6. The van der Waals surface area contributed by atoms with E-state index in [9.17, 15) is 18.0 Å². The highest BCUT2D eigenvalue weighted by Crippen LogP contribution is 2.25. The number of aromatic nitrogens is 4. The standard InChI is InChI=1S/C13H13F3N6O/c1-22(5-2-9-6-17-3-4-18-9)12(23)21-10-7-19-11(20-8-10)13(14,15)16/h3-4,6-8H,2,5H2,1H3,(H,21,23). The maximum Gasteiger partial charge on any atom is 0.451 e. The van der Waals surface area contributed by atoms with E-state index in [1.54, 1.807) is 25.6 Å². The van der Waals surface area contributed by atoms with Crippen LogP contribution < -0.4 is 5.32 Å². The van der Waals surface area contributed by atoms with Crippen LogP contribution in [0.1, 0.15) is 11.5 Å².